The molecule has 1 amide bonds. The molecule has 1 aliphatic rings. The highest BCUT2D eigenvalue weighted by Crippen LogP contribution is 2.34. The number of hydrogen-bond donors (Lipinski definition) is 1. The third kappa shape index (κ3) is 5.62. The van der Waals surface area contributed by atoms with E-state index in [4.69, 9.17) is 4.74 Å². The predicted octanol–water partition coefficient (Wildman–Crippen LogP) is 4.88. The molecule has 1 aliphatic heterocycles. The second-order valence-electron chi connectivity index (χ2n) is 11.0. The Kier molecular flexibility index (Phi) is 7.56. The van der Waals surface area contributed by atoms with Crippen molar-refractivity contribution in [3.63, 3.8) is 0 Å². The molecule has 234 valence electrons. The summed E-state index contributed by atoms with van der Waals surface area (Å²) in [5, 5.41) is 0.909. The summed E-state index contributed by atoms with van der Waals surface area (Å²) in [5.74, 6) is -0.716. The van der Waals surface area contributed by atoms with E-state index < -0.39 is 30.5 Å². The van der Waals surface area contributed by atoms with Crippen molar-refractivity contribution < 1.29 is 22.7 Å². The lowest BCUT2D eigenvalue weighted by Crippen LogP contribution is -2.51. The number of H-pyrrole nitrogens is 1. The molecule has 5 heterocycles. The van der Waals surface area contributed by atoms with Crippen molar-refractivity contribution in [3.8, 4) is 17.1 Å². The fraction of sp³-hybridized carbons (Fsp3) is 0.250. The SMILES string of the molecule is COc1nc2ccccc2cc1-c1cnc([C@@H]2CN(Cc3cnccn3)CCN2C(=O)Cn2c(C(F)(F)F)nc3ccccc32)[nH]1. The highest BCUT2D eigenvalue weighted by atomic mass is 19.4. The highest BCUT2D eigenvalue weighted by Gasteiger charge is 2.40. The first kappa shape index (κ1) is 29.3. The number of hydrogen-bond acceptors (Lipinski definition) is 8. The number of benzene rings is 2. The van der Waals surface area contributed by atoms with Crippen LogP contribution in [0.1, 0.15) is 23.4 Å². The van der Waals surface area contributed by atoms with E-state index in [1.165, 1.54) is 12.1 Å². The Morgan fingerprint density at radius 2 is 1.80 bits per heavy atom. The van der Waals surface area contributed by atoms with Crippen molar-refractivity contribution in [2.24, 2.45) is 0 Å². The number of piperazine rings is 1. The first-order valence-corrected chi connectivity index (χ1v) is 14.6. The largest absolute Gasteiger partial charge is 0.480 e. The molecule has 0 radical (unpaired) electrons. The molecule has 1 atom stereocenters. The molecule has 7 rings (SSSR count). The topological polar surface area (TPSA) is 118 Å². The summed E-state index contributed by atoms with van der Waals surface area (Å²) in [6.45, 7) is 1.04. The number of imidazole rings is 2. The van der Waals surface area contributed by atoms with E-state index in [1.807, 2.05) is 30.3 Å². The zero-order valence-corrected chi connectivity index (χ0v) is 24.6. The number of nitrogens with zero attached hydrogens (tertiary/aromatic N) is 8. The first-order valence-electron chi connectivity index (χ1n) is 14.6. The fourth-order valence-electron chi connectivity index (χ4n) is 5.92. The zero-order valence-electron chi connectivity index (χ0n) is 24.6. The zero-order chi connectivity index (χ0) is 31.8. The van der Waals surface area contributed by atoms with Crippen LogP contribution in [0, 0.1) is 0 Å². The van der Waals surface area contributed by atoms with Crippen LogP contribution in [-0.2, 0) is 24.1 Å². The lowest BCUT2D eigenvalue weighted by atomic mass is 10.1. The Morgan fingerprint density at radius 3 is 2.59 bits per heavy atom. The summed E-state index contributed by atoms with van der Waals surface area (Å²) >= 11 is 0. The Balaban J connectivity index is 1.24. The van der Waals surface area contributed by atoms with Crippen LogP contribution >= 0.6 is 0 Å². The highest BCUT2D eigenvalue weighted by molar-refractivity contribution is 5.85. The fourth-order valence-corrected chi connectivity index (χ4v) is 5.92. The Morgan fingerprint density at radius 1 is 1.00 bits per heavy atom. The molecule has 1 saturated heterocycles. The molecule has 0 saturated carbocycles. The number of rotatable bonds is 7. The monoisotopic (exact) mass is 627 g/mol. The lowest BCUT2D eigenvalue weighted by Gasteiger charge is -2.40. The lowest BCUT2D eigenvalue weighted by molar-refractivity contribution is -0.148. The van der Waals surface area contributed by atoms with Crippen molar-refractivity contribution in [1.82, 2.24) is 44.3 Å². The third-order valence-electron chi connectivity index (χ3n) is 8.07. The number of pyridine rings is 1. The van der Waals surface area contributed by atoms with Crippen molar-refractivity contribution in [3.05, 3.63) is 96.7 Å². The molecule has 0 bridgehead atoms. The van der Waals surface area contributed by atoms with Crippen molar-refractivity contribution in [2.75, 3.05) is 26.7 Å². The number of ether oxygens (including phenoxy) is 1. The number of methoxy groups -OCH3 is 1. The number of amides is 1. The van der Waals surface area contributed by atoms with Crippen LogP contribution in [0.3, 0.4) is 0 Å². The van der Waals surface area contributed by atoms with Crippen molar-refractivity contribution >= 4 is 27.8 Å². The molecular weight excluding hydrogens is 599 g/mol. The third-order valence-corrected chi connectivity index (χ3v) is 8.07. The van der Waals surface area contributed by atoms with Crippen LogP contribution in [0.15, 0.2) is 79.4 Å². The number of para-hydroxylation sites is 3. The number of aromatic nitrogens is 7. The van der Waals surface area contributed by atoms with Gasteiger partial charge in [0.25, 0.3) is 0 Å². The minimum Gasteiger partial charge on any atom is -0.480 e. The molecule has 6 aromatic rings. The van der Waals surface area contributed by atoms with Gasteiger partial charge in [-0.2, -0.15) is 13.2 Å². The minimum absolute atomic E-state index is 0.168. The van der Waals surface area contributed by atoms with Crippen LogP contribution in [0.4, 0.5) is 13.2 Å². The summed E-state index contributed by atoms with van der Waals surface area (Å²) in [4.78, 5) is 42.6. The van der Waals surface area contributed by atoms with Gasteiger partial charge in [-0.05, 0) is 24.3 Å². The molecule has 14 heteroatoms. The Labute approximate surface area is 260 Å². The van der Waals surface area contributed by atoms with E-state index >= 15 is 0 Å². The molecule has 46 heavy (non-hydrogen) atoms. The molecule has 0 aliphatic carbocycles. The summed E-state index contributed by atoms with van der Waals surface area (Å²) in [5.41, 5.74) is 3.25. The van der Waals surface area contributed by atoms with Gasteiger partial charge >= 0.3 is 6.18 Å². The van der Waals surface area contributed by atoms with Crippen LogP contribution in [-0.4, -0.2) is 76.9 Å². The van der Waals surface area contributed by atoms with Gasteiger partial charge in [0.1, 0.15) is 18.4 Å². The van der Waals surface area contributed by atoms with Crippen molar-refractivity contribution in [2.45, 2.75) is 25.3 Å². The van der Waals surface area contributed by atoms with Gasteiger partial charge in [-0.15, -0.1) is 0 Å². The van der Waals surface area contributed by atoms with Gasteiger partial charge in [-0.25, -0.2) is 15.0 Å². The predicted molar refractivity (Wildman–Crippen MR) is 162 cm³/mol. The van der Waals surface area contributed by atoms with Gasteiger partial charge in [-0.3, -0.25) is 19.7 Å². The second kappa shape index (κ2) is 11.9. The second-order valence-corrected chi connectivity index (χ2v) is 11.0. The van der Waals surface area contributed by atoms with Crippen LogP contribution in [0.25, 0.3) is 33.2 Å². The number of alkyl halides is 3. The summed E-state index contributed by atoms with van der Waals surface area (Å²) in [6.07, 6.45) is 1.80. The van der Waals surface area contributed by atoms with Crippen molar-refractivity contribution in [1.29, 1.82) is 0 Å². The molecule has 4 aromatic heterocycles. The maximum atomic E-state index is 14.0. The van der Waals surface area contributed by atoms with Gasteiger partial charge in [0, 0.05) is 50.2 Å². The van der Waals surface area contributed by atoms with E-state index in [2.05, 4.69) is 34.8 Å². The summed E-state index contributed by atoms with van der Waals surface area (Å²) < 4.78 is 48.7. The van der Waals surface area contributed by atoms with Gasteiger partial charge in [0.15, 0.2) is 0 Å². The first-order chi connectivity index (χ1) is 22.3. The number of aromatic amines is 1. The molecule has 2 aromatic carbocycles. The van der Waals surface area contributed by atoms with E-state index in [0.717, 1.165) is 21.2 Å². The van der Waals surface area contributed by atoms with Crippen LogP contribution < -0.4 is 4.74 Å². The van der Waals surface area contributed by atoms with E-state index in [1.54, 1.807) is 48.9 Å². The maximum absolute atomic E-state index is 14.0. The molecular formula is C32H28F3N9O2. The van der Waals surface area contributed by atoms with E-state index in [-0.39, 0.29) is 17.6 Å². The van der Waals surface area contributed by atoms with E-state index in [0.29, 0.717) is 42.6 Å². The van der Waals surface area contributed by atoms with Gasteiger partial charge in [0.05, 0.1) is 46.8 Å². The van der Waals surface area contributed by atoms with Gasteiger partial charge in [-0.1, -0.05) is 30.3 Å². The van der Waals surface area contributed by atoms with Crippen LogP contribution in [0.5, 0.6) is 5.88 Å². The summed E-state index contributed by atoms with van der Waals surface area (Å²) in [6, 6.07) is 15.3. The average Bonchev–Trinajstić information content (AvgIpc) is 3.70. The average molecular weight is 628 g/mol. The quantitative estimate of drug-likeness (QED) is 0.266. The number of halogens is 3. The Bertz CT molecular complexity index is 2030. The molecule has 0 unspecified atom stereocenters. The molecule has 1 N–H and O–H groups in total. The van der Waals surface area contributed by atoms with Gasteiger partial charge in [0.2, 0.25) is 17.6 Å². The number of fused-ring (bicyclic) bond motifs is 2. The standard InChI is InChI=1S/C32H28F3N9O2/c1-46-30-22(14-20-6-2-3-7-23(20)40-30)25-16-38-29(39-25)27-18-42(17-21-15-36-10-11-37-21)12-13-43(27)28(45)19-44-26-9-5-4-8-24(26)41-31(44)32(33,34)35/h2-11,14-16,27H,12-13,17-19H2,1H3,(H,38,39)/t27-/m0/s1. The number of carbonyl (C=O) groups is 1. The summed E-state index contributed by atoms with van der Waals surface area (Å²) in [7, 11) is 1.54. The number of carbonyl (C=O) groups excluding carboxylic acids is 1. The molecule has 0 spiro atoms. The van der Waals surface area contributed by atoms with Crippen LogP contribution in [0.2, 0.25) is 0 Å². The molecule has 1 fully saturated rings. The smallest absolute Gasteiger partial charge is 0.449 e. The minimum atomic E-state index is -4.74. The Hall–Kier alpha value is -5.37. The maximum Gasteiger partial charge on any atom is 0.449 e. The van der Waals surface area contributed by atoms with Gasteiger partial charge < -0.3 is 19.2 Å². The molecule has 11 nitrogen and oxygen atoms in total. The normalized spacial score (nSPS) is 15.9. The van der Waals surface area contributed by atoms with E-state index in [9.17, 15) is 18.0 Å². The number of nitrogens with one attached hydrogen (secondary N) is 1.